The van der Waals surface area contributed by atoms with E-state index < -0.39 is 0 Å². The molecule has 0 radical (unpaired) electrons. The summed E-state index contributed by atoms with van der Waals surface area (Å²) in [6, 6.07) is 10.1. The first-order valence-corrected chi connectivity index (χ1v) is 5.68. The van der Waals surface area contributed by atoms with Crippen LogP contribution in [-0.4, -0.2) is 38.6 Å². The molecular formula is C14H22Cl2N2. The number of hydrogen-bond acceptors (Lipinski definition) is 2. The van der Waals surface area contributed by atoms with Crippen LogP contribution in [0.1, 0.15) is 12.0 Å². The maximum Gasteiger partial charge on any atom is 0.0580 e. The van der Waals surface area contributed by atoms with Gasteiger partial charge in [-0.2, -0.15) is 0 Å². The Bertz CT molecular complexity index is 342. The van der Waals surface area contributed by atoms with Crippen LogP contribution in [0.5, 0.6) is 0 Å². The fourth-order valence-corrected chi connectivity index (χ4v) is 1.34. The summed E-state index contributed by atoms with van der Waals surface area (Å²) >= 11 is 0. The molecule has 0 aliphatic rings. The second kappa shape index (κ2) is 12.7. The quantitative estimate of drug-likeness (QED) is 0.661. The van der Waals surface area contributed by atoms with E-state index >= 15 is 0 Å². The van der Waals surface area contributed by atoms with E-state index in [9.17, 15) is 0 Å². The van der Waals surface area contributed by atoms with Gasteiger partial charge in [0, 0.05) is 5.56 Å². The van der Waals surface area contributed by atoms with E-state index in [0.29, 0.717) is 0 Å². The van der Waals surface area contributed by atoms with E-state index in [2.05, 4.69) is 36.2 Å². The lowest BCUT2D eigenvalue weighted by Crippen LogP contribution is -2.21. The zero-order valence-corrected chi connectivity index (χ0v) is 12.6. The molecule has 0 fully saturated rings. The van der Waals surface area contributed by atoms with E-state index in [4.69, 9.17) is 0 Å². The van der Waals surface area contributed by atoms with Crippen molar-refractivity contribution in [2.45, 2.75) is 6.42 Å². The molecule has 1 aromatic rings. The van der Waals surface area contributed by atoms with E-state index in [-0.39, 0.29) is 24.8 Å². The van der Waals surface area contributed by atoms with Gasteiger partial charge < -0.3 is 10.2 Å². The summed E-state index contributed by atoms with van der Waals surface area (Å²) < 4.78 is 0. The first-order valence-electron chi connectivity index (χ1n) is 5.68. The topological polar surface area (TPSA) is 15.3 Å². The Morgan fingerprint density at radius 3 is 2.39 bits per heavy atom. The van der Waals surface area contributed by atoms with Crippen LogP contribution >= 0.6 is 24.8 Å². The lowest BCUT2D eigenvalue weighted by atomic mass is 10.2. The van der Waals surface area contributed by atoms with Crippen molar-refractivity contribution in [3.8, 4) is 11.8 Å². The molecule has 0 aliphatic carbocycles. The molecule has 1 rings (SSSR count). The Kier molecular flexibility index (Phi) is 13.9. The third kappa shape index (κ3) is 10.4. The molecule has 18 heavy (non-hydrogen) atoms. The zero-order valence-electron chi connectivity index (χ0n) is 11.0. The molecule has 0 saturated carbocycles. The Balaban J connectivity index is 0. The predicted octanol–water partition coefficient (Wildman–Crippen LogP) is 2.42. The van der Waals surface area contributed by atoms with Gasteiger partial charge in [-0.1, -0.05) is 30.0 Å². The predicted molar refractivity (Wildman–Crippen MR) is 83.9 cm³/mol. The van der Waals surface area contributed by atoms with Gasteiger partial charge in [0.25, 0.3) is 0 Å². The van der Waals surface area contributed by atoms with Gasteiger partial charge >= 0.3 is 0 Å². The Hall–Kier alpha value is -0.720. The second-order valence-corrected chi connectivity index (χ2v) is 4.00. The maximum atomic E-state index is 3.31. The molecule has 0 amide bonds. The van der Waals surface area contributed by atoms with Crippen molar-refractivity contribution in [2.75, 3.05) is 33.7 Å². The number of halogens is 2. The summed E-state index contributed by atoms with van der Waals surface area (Å²) in [6.45, 7) is 2.92. The highest BCUT2D eigenvalue weighted by atomic mass is 35.5. The fourth-order valence-electron chi connectivity index (χ4n) is 1.34. The minimum Gasteiger partial charge on any atom is -0.309 e. The average molecular weight is 289 g/mol. The molecule has 0 spiro atoms. The molecule has 102 valence electrons. The summed E-state index contributed by atoms with van der Waals surface area (Å²) in [4.78, 5) is 2.19. The van der Waals surface area contributed by atoms with Crippen LogP contribution in [0.4, 0.5) is 0 Å². The minimum absolute atomic E-state index is 0. The molecule has 0 atom stereocenters. The van der Waals surface area contributed by atoms with Crippen molar-refractivity contribution in [1.29, 1.82) is 0 Å². The fraction of sp³-hybridized carbons (Fsp3) is 0.429. The molecule has 0 heterocycles. The van der Waals surface area contributed by atoms with Crippen LogP contribution in [0.3, 0.4) is 0 Å². The van der Waals surface area contributed by atoms with Crippen molar-refractivity contribution in [3.05, 3.63) is 35.9 Å². The molecule has 1 aromatic carbocycles. The molecule has 4 heteroatoms. The number of rotatable bonds is 5. The third-order valence-electron chi connectivity index (χ3n) is 2.18. The van der Waals surface area contributed by atoms with Gasteiger partial charge in [0.15, 0.2) is 0 Å². The summed E-state index contributed by atoms with van der Waals surface area (Å²) in [5.41, 5.74) is 1.08. The van der Waals surface area contributed by atoms with Gasteiger partial charge in [-0.25, -0.2) is 0 Å². The van der Waals surface area contributed by atoms with E-state index in [1.807, 2.05) is 30.3 Å². The molecule has 0 aromatic heterocycles. The normalized spacial score (nSPS) is 8.83. The maximum absolute atomic E-state index is 3.31. The van der Waals surface area contributed by atoms with Crippen molar-refractivity contribution in [2.24, 2.45) is 0 Å². The Labute approximate surface area is 123 Å². The Morgan fingerprint density at radius 2 is 1.78 bits per heavy atom. The number of hydrogen-bond donors (Lipinski definition) is 1. The first kappa shape index (κ1) is 19.6. The number of nitrogens with one attached hydrogen (secondary N) is 1. The van der Waals surface area contributed by atoms with Gasteiger partial charge in [0.05, 0.1) is 6.54 Å². The lowest BCUT2D eigenvalue weighted by molar-refractivity contribution is 0.396. The summed E-state index contributed by atoms with van der Waals surface area (Å²) in [6.07, 6.45) is 1.17. The van der Waals surface area contributed by atoms with Gasteiger partial charge in [-0.15, -0.1) is 24.8 Å². The molecular weight excluding hydrogens is 267 g/mol. The van der Waals surface area contributed by atoms with Crippen molar-refractivity contribution in [1.82, 2.24) is 10.2 Å². The lowest BCUT2D eigenvalue weighted by Gasteiger charge is -2.08. The van der Waals surface area contributed by atoms with Crippen molar-refractivity contribution < 1.29 is 0 Å². The third-order valence-corrected chi connectivity index (χ3v) is 2.18. The van der Waals surface area contributed by atoms with Gasteiger partial charge in [-0.3, -0.25) is 0 Å². The second-order valence-electron chi connectivity index (χ2n) is 4.00. The van der Waals surface area contributed by atoms with E-state index in [0.717, 1.165) is 25.2 Å². The number of benzene rings is 1. The largest absolute Gasteiger partial charge is 0.309 e. The van der Waals surface area contributed by atoms with Crippen LogP contribution in [0.25, 0.3) is 0 Å². The number of nitrogens with zero attached hydrogens (tertiary/aromatic N) is 1. The molecule has 0 saturated heterocycles. The summed E-state index contributed by atoms with van der Waals surface area (Å²) in [5, 5.41) is 3.31. The van der Waals surface area contributed by atoms with Crippen molar-refractivity contribution >= 4 is 24.8 Å². The van der Waals surface area contributed by atoms with Crippen molar-refractivity contribution in [3.63, 3.8) is 0 Å². The van der Waals surface area contributed by atoms with Gasteiger partial charge in [-0.05, 0) is 45.7 Å². The SMILES string of the molecule is CN(C)CCCNCC#Cc1ccccc1.Cl.Cl. The minimum atomic E-state index is 0. The van der Waals surface area contributed by atoms with Gasteiger partial charge in [0.2, 0.25) is 0 Å². The highest BCUT2D eigenvalue weighted by Crippen LogP contribution is 1.94. The molecule has 1 N–H and O–H groups in total. The van der Waals surface area contributed by atoms with E-state index in [1.165, 1.54) is 6.42 Å². The first-order chi connectivity index (χ1) is 7.79. The molecule has 2 nitrogen and oxygen atoms in total. The van der Waals surface area contributed by atoms with Crippen LogP contribution in [0.15, 0.2) is 30.3 Å². The highest BCUT2D eigenvalue weighted by Gasteiger charge is 1.88. The molecule has 0 aliphatic heterocycles. The summed E-state index contributed by atoms with van der Waals surface area (Å²) in [5.74, 6) is 6.24. The van der Waals surface area contributed by atoms with Gasteiger partial charge in [0.1, 0.15) is 0 Å². The highest BCUT2D eigenvalue weighted by molar-refractivity contribution is 5.85. The smallest absolute Gasteiger partial charge is 0.0580 e. The molecule has 0 bridgehead atoms. The van der Waals surface area contributed by atoms with Crippen LogP contribution in [0, 0.1) is 11.8 Å². The van der Waals surface area contributed by atoms with Crippen LogP contribution < -0.4 is 5.32 Å². The molecule has 0 unspecified atom stereocenters. The standard InChI is InChI=1S/C14H20N2.2ClH/c1-16(2)13-7-12-15-11-6-10-14-8-4-3-5-9-14;;/h3-5,8-9,15H,7,11-13H2,1-2H3;2*1H. The van der Waals surface area contributed by atoms with E-state index in [1.54, 1.807) is 0 Å². The summed E-state index contributed by atoms with van der Waals surface area (Å²) in [7, 11) is 4.18. The van der Waals surface area contributed by atoms with Crippen LogP contribution in [-0.2, 0) is 0 Å². The van der Waals surface area contributed by atoms with Crippen LogP contribution in [0.2, 0.25) is 0 Å². The zero-order chi connectivity index (χ0) is 11.6. The Morgan fingerprint density at radius 1 is 1.11 bits per heavy atom. The average Bonchev–Trinajstić information content (AvgIpc) is 2.29. The monoisotopic (exact) mass is 288 g/mol.